The Morgan fingerprint density at radius 3 is 2.59 bits per heavy atom. The number of carbonyl (C=O) groups is 1. The monoisotopic (exact) mass is 250 g/mol. The summed E-state index contributed by atoms with van der Waals surface area (Å²) in [7, 11) is 0. The number of rotatable bonds is 2. The van der Waals surface area contributed by atoms with Gasteiger partial charge in [-0.3, -0.25) is 9.78 Å². The van der Waals surface area contributed by atoms with E-state index in [4.69, 9.17) is 5.73 Å². The fourth-order valence-corrected chi connectivity index (χ4v) is 2.11. The quantitative estimate of drug-likeness (QED) is 0.891. The average molecular weight is 251 g/mol. The summed E-state index contributed by atoms with van der Waals surface area (Å²) >= 11 is 0. The van der Waals surface area contributed by atoms with Gasteiger partial charge in [-0.25, -0.2) is 0 Å². The Kier molecular flexibility index (Phi) is 4.07. The van der Waals surface area contributed by atoms with Crippen LogP contribution in [0.25, 0.3) is 10.9 Å². The third-order valence-corrected chi connectivity index (χ3v) is 2.78. The molecule has 0 bridgehead atoms. The van der Waals surface area contributed by atoms with Crippen molar-refractivity contribution in [3.63, 3.8) is 0 Å². The fourth-order valence-electron chi connectivity index (χ4n) is 2.11. The highest BCUT2D eigenvalue weighted by Gasteiger charge is 2.14. The molecule has 0 atom stereocenters. The van der Waals surface area contributed by atoms with Gasteiger partial charge in [-0.1, -0.05) is 25.1 Å². The molecule has 0 fully saturated rings. The van der Waals surface area contributed by atoms with Crippen molar-refractivity contribution in [3.8, 4) is 0 Å². The Hall–Kier alpha value is -1.61. The maximum Gasteiger partial charge on any atom is 0.250 e. The van der Waals surface area contributed by atoms with E-state index >= 15 is 0 Å². The molecular weight excluding hydrogens is 236 g/mol. The van der Waals surface area contributed by atoms with Crippen molar-refractivity contribution in [3.05, 3.63) is 41.1 Å². The van der Waals surface area contributed by atoms with Crippen LogP contribution >= 0.6 is 12.4 Å². The van der Waals surface area contributed by atoms with E-state index in [1.165, 1.54) is 0 Å². The molecule has 3 nitrogen and oxygen atoms in total. The number of carbonyl (C=O) groups excluding carboxylic acids is 1. The molecule has 0 spiro atoms. The van der Waals surface area contributed by atoms with Crippen LogP contribution in [0.1, 0.15) is 28.5 Å². The first-order valence-electron chi connectivity index (χ1n) is 5.33. The van der Waals surface area contributed by atoms with Gasteiger partial charge in [0.2, 0.25) is 0 Å². The summed E-state index contributed by atoms with van der Waals surface area (Å²) in [6, 6.07) is 7.82. The fraction of sp³-hybridized carbons (Fsp3) is 0.231. The first-order valence-corrected chi connectivity index (χ1v) is 5.33. The van der Waals surface area contributed by atoms with Gasteiger partial charge in [-0.05, 0) is 25.0 Å². The Bertz CT molecular complexity index is 567. The van der Waals surface area contributed by atoms with Crippen LogP contribution in [0.3, 0.4) is 0 Å². The molecule has 0 aliphatic rings. The third kappa shape index (κ3) is 2.24. The highest BCUT2D eigenvalue weighted by Crippen LogP contribution is 2.23. The van der Waals surface area contributed by atoms with Gasteiger partial charge >= 0.3 is 0 Å². The molecule has 0 aliphatic heterocycles. The maximum atomic E-state index is 11.4. The van der Waals surface area contributed by atoms with E-state index in [1.807, 2.05) is 38.1 Å². The number of hydrogen-bond acceptors (Lipinski definition) is 2. The van der Waals surface area contributed by atoms with Crippen molar-refractivity contribution in [1.29, 1.82) is 0 Å². The highest BCUT2D eigenvalue weighted by atomic mass is 35.5. The molecule has 17 heavy (non-hydrogen) atoms. The SMILES string of the molecule is CCc1c(C(N)=O)c(C)nc2ccccc12.Cl. The van der Waals surface area contributed by atoms with E-state index in [-0.39, 0.29) is 12.4 Å². The van der Waals surface area contributed by atoms with Gasteiger partial charge in [-0.15, -0.1) is 12.4 Å². The summed E-state index contributed by atoms with van der Waals surface area (Å²) in [4.78, 5) is 15.8. The largest absolute Gasteiger partial charge is 0.366 e. The van der Waals surface area contributed by atoms with Crippen LogP contribution in [0.15, 0.2) is 24.3 Å². The Labute approximate surface area is 106 Å². The van der Waals surface area contributed by atoms with Gasteiger partial charge in [0.1, 0.15) is 0 Å². The first kappa shape index (κ1) is 13.5. The highest BCUT2D eigenvalue weighted by molar-refractivity contribution is 6.00. The summed E-state index contributed by atoms with van der Waals surface area (Å²) in [5.41, 5.74) is 8.60. The topological polar surface area (TPSA) is 56.0 Å². The van der Waals surface area contributed by atoms with Crippen LogP contribution in [0.2, 0.25) is 0 Å². The number of halogens is 1. The predicted octanol–water partition coefficient (Wildman–Crippen LogP) is 2.63. The van der Waals surface area contributed by atoms with Gasteiger partial charge < -0.3 is 5.73 Å². The Morgan fingerprint density at radius 2 is 2.00 bits per heavy atom. The zero-order valence-corrected chi connectivity index (χ0v) is 10.7. The minimum atomic E-state index is -0.396. The average Bonchev–Trinajstić information content (AvgIpc) is 2.26. The molecule has 2 rings (SSSR count). The maximum absolute atomic E-state index is 11.4. The van der Waals surface area contributed by atoms with Crippen molar-refractivity contribution < 1.29 is 4.79 Å². The normalized spacial score (nSPS) is 10.0. The van der Waals surface area contributed by atoms with E-state index in [2.05, 4.69) is 4.98 Å². The summed E-state index contributed by atoms with van der Waals surface area (Å²) < 4.78 is 0. The molecule has 2 aromatic rings. The minimum Gasteiger partial charge on any atom is -0.366 e. The predicted molar refractivity (Wildman–Crippen MR) is 71.6 cm³/mol. The van der Waals surface area contributed by atoms with Crippen LogP contribution in [-0.4, -0.2) is 10.9 Å². The molecule has 0 saturated heterocycles. The Morgan fingerprint density at radius 1 is 1.35 bits per heavy atom. The molecule has 90 valence electrons. The van der Waals surface area contributed by atoms with Gasteiger partial charge in [-0.2, -0.15) is 0 Å². The second-order valence-electron chi connectivity index (χ2n) is 3.79. The van der Waals surface area contributed by atoms with Crippen molar-refractivity contribution in [1.82, 2.24) is 4.98 Å². The van der Waals surface area contributed by atoms with Gasteiger partial charge in [0.05, 0.1) is 16.8 Å². The molecule has 1 aromatic heterocycles. The van der Waals surface area contributed by atoms with Gasteiger partial charge in [0.25, 0.3) is 5.91 Å². The number of aromatic nitrogens is 1. The molecule has 1 aromatic carbocycles. The molecule has 1 amide bonds. The third-order valence-electron chi connectivity index (χ3n) is 2.78. The summed E-state index contributed by atoms with van der Waals surface area (Å²) in [6.07, 6.45) is 0.780. The molecule has 4 heteroatoms. The van der Waals surface area contributed by atoms with E-state index < -0.39 is 5.91 Å². The number of para-hydroxylation sites is 1. The van der Waals surface area contributed by atoms with Crippen molar-refractivity contribution in [2.45, 2.75) is 20.3 Å². The smallest absolute Gasteiger partial charge is 0.250 e. The standard InChI is InChI=1S/C13H14N2O.ClH/c1-3-9-10-6-4-5-7-11(10)15-8(2)12(9)13(14)16;/h4-7H,3H2,1-2H3,(H2,14,16);1H. The second-order valence-corrected chi connectivity index (χ2v) is 3.79. The number of benzene rings is 1. The van der Waals surface area contributed by atoms with Crippen molar-refractivity contribution >= 4 is 29.2 Å². The molecule has 2 N–H and O–H groups in total. The molecular formula is C13H15ClN2O. The van der Waals surface area contributed by atoms with Crippen LogP contribution in [0.5, 0.6) is 0 Å². The van der Waals surface area contributed by atoms with Gasteiger partial charge in [0.15, 0.2) is 0 Å². The molecule has 0 radical (unpaired) electrons. The van der Waals surface area contributed by atoms with Crippen LogP contribution in [-0.2, 0) is 6.42 Å². The van der Waals surface area contributed by atoms with E-state index in [9.17, 15) is 4.79 Å². The Balaban J connectivity index is 0.00000144. The van der Waals surface area contributed by atoms with E-state index in [1.54, 1.807) is 0 Å². The number of nitrogens with zero attached hydrogens (tertiary/aromatic N) is 1. The van der Waals surface area contributed by atoms with Crippen molar-refractivity contribution in [2.75, 3.05) is 0 Å². The number of amides is 1. The lowest BCUT2D eigenvalue weighted by Gasteiger charge is -2.11. The summed E-state index contributed by atoms with van der Waals surface area (Å²) in [5.74, 6) is -0.396. The number of nitrogens with two attached hydrogens (primary N) is 1. The lowest BCUT2D eigenvalue weighted by atomic mass is 9.98. The number of pyridine rings is 1. The van der Waals surface area contributed by atoms with E-state index in [0.29, 0.717) is 11.3 Å². The molecule has 0 aliphatic carbocycles. The molecule has 0 saturated carbocycles. The number of fused-ring (bicyclic) bond motifs is 1. The lowest BCUT2D eigenvalue weighted by molar-refractivity contribution is 0.0998. The number of aryl methyl sites for hydroxylation is 2. The van der Waals surface area contributed by atoms with Crippen LogP contribution in [0, 0.1) is 6.92 Å². The van der Waals surface area contributed by atoms with Crippen molar-refractivity contribution in [2.24, 2.45) is 5.73 Å². The second kappa shape index (κ2) is 5.15. The van der Waals surface area contributed by atoms with E-state index in [0.717, 1.165) is 22.9 Å². The molecule has 1 heterocycles. The van der Waals surface area contributed by atoms with Crippen LogP contribution < -0.4 is 5.73 Å². The zero-order chi connectivity index (χ0) is 11.7. The van der Waals surface area contributed by atoms with Gasteiger partial charge in [0, 0.05) is 5.39 Å². The minimum absolute atomic E-state index is 0. The van der Waals surface area contributed by atoms with Crippen LogP contribution in [0.4, 0.5) is 0 Å². The number of primary amides is 1. The summed E-state index contributed by atoms with van der Waals surface area (Å²) in [6.45, 7) is 3.85. The summed E-state index contributed by atoms with van der Waals surface area (Å²) in [5, 5.41) is 1.02. The number of hydrogen-bond donors (Lipinski definition) is 1. The molecule has 0 unspecified atom stereocenters. The first-order chi connectivity index (χ1) is 7.65. The lowest BCUT2D eigenvalue weighted by Crippen LogP contribution is -2.16. The zero-order valence-electron chi connectivity index (χ0n) is 9.86.